The Balaban J connectivity index is 2.11. The molecule has 0 heterocycles. The molecule has 0 aromatic heterocycles. The lowest BCUT2D eigenvalue weighted by molar-refractivity contribution is -0.138. The number of hydrogen-bond donors (Lipinski definition) is 2. The molecule has 2 N–H and O–H groups in total. The van der Waals surface area contributed by atoms with Gasteiger partial charge in [0.2, 0.25) is 0 Å². The van der Waals surface area contributed by atoms with Crippen LogP contribution >= 0.6 is 0 Å². The zero-order chi connectivity index (χ0) is 9.31. The molecule has 67 valence electrons. The summed E-state index contributed by atoms with van der Waals surface area (Å²) in [7, 11) is 0. The van der Waals surface area contributed by atoms with Crippen molar-refractivity contribution in [3.05, 3.63) is 30.3 Å². The SMILES string of the molecule is O=C(O)C1(Nc2[c]cccc2)CC1. The highest BCUT2D eigenvalue weighted by atomic mass is 16.4. The lowest BCUT2D eigenvalue weighted by atomic mass is 10.2. The third-order valence-electron chi connectivity index (χ3n) is 2.24. The summed E-state index contributed by atoms with van der Waals surface area (Å²) in [6.45, 7) is 0. The Labute approximate surface area is 76.4 Å². The summed E-state index contributed by atoms with van der Waals surface area (Å²) in [5.41, 5.74) is 0.0418. The van der Waals surface area contributed by atoms with Gasteiger partial charge in [0.05, 0.1) is 0 Å². The minimum Gasteiger partial charge on any atom is -0.480 e. The average molecular weight is 176 g/mol. The molecule has 1 saturated carbocycles. The van der Waals surface area contributed by atoms with Crippen LogP contribution in [0.3, 0.4) is 0 Å². The normalized spacial score (nSPS) is 17.8. The second-order valence-corrected chi connectivity index (χ2v) is 3.29. The predicted octanol–water partition coefficient (Wildman–Crippen LogP) is 1.52. The quantitative estimate of drug-likeness (QED) is 0.734. The monoisotopic (exact) mass is 176 g/mol. The molecule has 3 nitrogen and oxygen atoms in total. The maximum Gasteiger partial charge on any atom is 0.329 e. The first-order valence-electron chi connectivity index (χ1n) is 4.21. The first-order valence-corrected chi connectivity index (χ1v) is 4.21. The number of rotatable bonds is 3. The molecular weight excluding hydrogens is 166 g/mol. The van der Waals surface area contributed by atoms with Crippen molar-refractivity contribution in [1.29, 1.82) is 0 Å². The van der Waals surface area contributed by atoms with E-state index in [2.05, 4.69) is 11.4 Å². The van der Waals surface area contributed by atoms with E-state index in [0.717, 1.165) is 5.69 Å². The first-order chi connectivity index (χ1) is 6.23. The zero-order valence-corrected chi connectivity index (χ0v) is 7.08. The van der Waals surface area contributed by atoms with Crippen LogP contribution in [0, 0.1) is 6.07 Å². The number of nitrogens with one attached hydrogen (secondary N) is 1. The second-order valence-electron chi connectivity index (χ2n) is 3.29. The molecule has 0 atom stereocenters. The standard InChI is InChI=1S/C10H10NO2/c12-9(13)10(6-7-10)11-8-4-2-1-3-5-8/h1-4,11H,6-7H2,(H,12,13). The van der Waals surface area contributed by atoms with E-state index in [9.17, 15) is 4.79 Å². The Morgan fingerprint density at radius 2 is 2.31 bits per heavy atom. The molecule has 0 spiro atoms. The average Bonchev–Trinajstić information content (AvgIpc) is 2.87. The van der Waals surface area contributed by atoms with Crippen LogP contribution in [-0.4, -0.2) is 16.6 Å². The van der Waals surface area contributed by atoms with Crippen LogP contribution in [0.2, 0.25) is 0 Å². The van der Waals surface area contributed by atoms with Gasteiger partial charge in [0.1, 0.15) is 5.54 Å². The lowest BCUT2D eigenvalue weighted by Gasteiger charge is -2.12. The molecule has 0 bridgehead atoms. The number of benzene rings is 1. The molecule has 1 aromatic rings. The number of hydrogen-bond acceptors (Lipinski definition) is 2. The van der Waals surface area contributed by atoms with Crippen LogP contribution in [0.25, 0.3) is 0 Å². The van der Waals surface area contributed by atoms with Gasteiger partial charge in [0, 0.05) is 11.8 Å². The topological polar surface area (TPSA) is 49.3 Å². The Kier molecular flexibility index (Phi) is 1.72. The fourth-order valence-corrected chi connectivity index (χ4v) is 1.25. The number of anilines is 1. The molecule has 0 amide bonds. The molecule has 1 aliphatic carbocycles. The van der Waals surface area contributed by atoms with Gasteiger partial charge in [-0.05, 0) is 18.9 Å². The van der Waals surface area contributed by atoms with Crippen molar-refractivity contribution in [3.63, 3.8) is 0 Å². The summed E-state index contributed by atoms with van der Waals surface area (Å²) in [5, 5.41) is 11.9. The minimum atomic E-state index is -0.773. The van der Waals surface area contributed by atoms with Gasteiger partial charge >= 0.3 is 5.97 Å². The lowest BCUT2D eigenvalue weighted by Crippen LogP contribution is -2.31. The number of carbonyl (C=O) groups is 1. The van der Waals surface area contributed by atoms with Crippen LogP contribution in [-0.2, 0) is 4.79 Å². The van der Waals surface area contributed by atoms with Crippen molar-refractivity contribution in [2.75, 3.05) is 5.32 Å². The van der Waals surface area contributed by atoms with Gasteiger partial charge in [0.25, 0.3) is 0 Å². The largest absolute Gasteiger partial charge is 0.480 e. The summed E-state index contributed by atoms with van der Waals surface area (Å²) in [5.74, 6) is -0.773. The van der Waals surface area contributed by atoms with Crippen molar-refractivity contribution < 1.29 is 9.90 Å². The van der Waals surface area contributed by atoms with E-state index in [1.165, 1.54) is 0 Å². The van der Waals surface area contributed by atoms with E-state index >= 15 is 0 Å². The maximum atomic E-state index is 10.8. The third kappa shape index (κ3) is 1.49. The molecule has 2 rings (SSSR count). The molecule has 13 heavy (non-hydrogen) atoms. The van der Waals surface area contributed by atoms with E-state index in [1.807, 2.05) is 18.2 Å². The number of aliphatic carboxylic acids is 1. The molecule has 1 fully saturated rings. The van der Waals surface area contributed by atoms with Gasteiger partial charge in [-0.2, -0.15) is 0 Å². The summed E-state index contributed by atoms with van der Waals surface area (Å²) in [4.78, 5) is 10.8. The zero-order valence-electron chi connectivity index (χ0n) is 7.08. The van der Waals surface area contributed by atoms with Gasteiger partial charge in [-0.15, -0.1) is 0 Å². The Morgan fingerprint density at radius 1 is 1.54 bits per heavy atom. The van der Waals surface area contributed by atoms with E-state index < -0.39 is 11.5 Å². The third-order valence-corrected chi connectivity index (χ3v) is 2.24. The minimum absolute atomic E-state index is 0.699. The Bertz CT molecular complexity index is 317. The van der Waals surface area contributed by atoms with Crippen LogP contribution in [0.15, 0.2) is 24.3 Å². The number of para-hydroxylation sites is 1. The Hall–Kier alpha value is -1.51. The molecule has 1 aliphatic rings. The predicted molar refractivity (Wildman–Crippen MR) is 48.5 cm³/mol. The fourth-order valence-electron chi connectivity index (χ4n) is 1.25. The van der Waals surface area contributed by atoms with E-state index in [1.54, 1.807) is 6.07 Å². The van der Waals surface area contributed by atoms with Crippen molar-refractivity contribution in [3.8, 4) is 0 Å². The molecule has 0 saturated heterocycles. The van der Waals surface area contributed by atoms with Crippen molar-refractivity contribution in [1.82, 2.24) is 0 Å². The second kappa shape index (κ2) is 2.76. The van der Waals surface area contributed by atoms with Crippen molar-refractivity contribution >= 4 is 11.7 Å². The molecule has 3 heteroatoms. The van der Waals surface area contributed by atoms with Gasteiger partial charge < -0.3 is 10.4 Å². The van der Waals surface area contributed by atoms with Gasteiger partial charge in [0.15, 0.2) is 0 Å². The molecule has 1 aromatic carbocycles. The number of carboxylic acids is 1. The highest BCUT2D eigenvalue weighted by Gasteiger charge is 2.50. The van der Waals surface area contributed by atoms with Gasteiger partial charge in [-0.3, -0.25) is 0 Å². The highest BCUT2D eigenvalue weighted by molar-refractivity contribution is 5.86. The van der Waals surface area contributed by atoms with E-state index in [-0.39, 0.29) is 0 Å². The molecule has 1 radical (unpaired) electrons. The van der Waals surface area contributed by atoms with E-state index in [4.69, 9.17) is 5.11 Å². The maximum absolute atomic E-state index is 10.8. The smallest absolute Gasteiger partial charge is 0.329 e. The summed E-state index contributed by atoms with van der Waals surface area (Å²) in [6.07, 6.45) is 1.40. The Morgan fingerprint density at radius 3 is 2.77 bits per heavy atom. The fraction of sp³-hybridized carbons (Fsp3) is 0.300. The summed E-state index contributed by atoms with van der Waals surface area (Å²) < 4.78 is 0. The van der Waals surface area contributed by atoms with Crippen LogP contribution in [0.4, 0.5) is 5.69 Å². The molecule has 0 unspecified atom stereocenters. The summed E-state index contributed by atoms with van der Waals surface area (Å²) in [6, 6.07) is 10.2. The van der Waals surface area contributed by atoms with Crippen LogP contribution in [0.5, 0.6) is 0 Å². The summed E-state index contributed by atoms with van der Waals surface area (Å²) >= 11 is 0. The van der Waals surface area contributed by atoms with Crippen molar-refractivity contribution in [2.24, 2.45) is 0 Å². The highest BCUT2D eigenvalue weighted by Crippen LogP contribution is 2.38. The molecular formula is C10H10NO2. The molecule has 0 aliphatic heterocycles. The van der Waals surface area contributed by atoms with E-state index in [0.29, 0.717) is 12.8 Å². The van der Waals surface area contributed by atoms with Gasteiger partial charge in [-0.1, -0.05) is 18.2 Å². The van der Waals surface area contributed by atoms with Gasteiger partial charge in [-0.25, -0.2) is 4.79 Å². The van der Waals surface area contributed by atoms with Crippen molar-refractivity contribution in [2.45, 2.75) is 18.4 Å². The van der Waals surface area contributed by atoms with Crippen LogP contribution < -0.4 is 5.32 Å². The van der Waals surface area contributed by atoms with Crippen LogP contribution in [0.1, 0.15) is 12.8 Å². The number of carboxylic acid groups (broad SMARTS) is 1. The first kappa shape index (κ1) is 8.10.